The van der Waals surface area contributed by atoms with Crippen LogP contribution in [-0.2, 0) is 16.0 Å². The van der Waals surface area contributed by atoms with Crippen molar-refractivity contribution in [2.75, 3.05) is 13.1 Å². The van der Waals surface area contributed by atoms with Crippen molar-refractivity contribution >= 4 is 33.6 Å². The van der Waals surface area contributed by atoms with Gasteiger partial charge in [-0.25, -0.2) is 4.39 Å². The molecule has 0 radical (unpaired) electrons. The third-order valence-corrected chi connectivity index (χ3v) is 5.54. The van der Waals surface area contributed by atoms with Crippen molar-refractivity contribution in [3.05, 3.63) is 59.9 Å². The van der Waals surface area contributed by atoms with Crippen LogP contribution in [0, 0.1) is 5.82 Å². The molecular weight excluding hydrogens is 357 g/mol. The van der Waals surface area contributed by atoms with Gasteiger partial charge < -0.3 is 15.6 Å². The van der Waals surface area contributed by atoms with E-state index in [0.717, 1.165) is 34.6 Å². The lowest BCUT2D eigenvalue weighted by Crippen LogP contribution is -2.38. The molecule has 3 N–H and O–H groups in total. The number of nitrogens with zero attached hydrogens (tertiary/aromatic N) is 1. The van der Waals surface area contributed by atoms with E-state index in [2.05, 4.69) is 11.6 Å². The third kappa shape index (κ3) is 3.05. The van der Waals surface area contributed by atoms with Gasteiger partial charge in [-0.1, -0.05) is 24.8 Å². The number of carbonyl (C=O) groups excluding carboxylic acids is 2. The van der Waals surface area contributed by atoms with Crippen LogP contribution in [0.25, 0.3) is 21.8 Å². The fourth-order valence-corrected chi connectivity index (χ4v) is 4.35. The van der Waals surface area contributed by atoms with E-state index in [1.54, 1.807) is 4.90 Å². The summed E-state index contributed by atoms with van der Waals surface area (Å²) >= 11 is 0. The number of fused-ring (bicyclic) bond motifs is 3. The molecule has 1 aliphatic heterocycles. The van der Waals surface area contributed by atoms with Crippen LogP contribution in [0.5, 0.6) is 0 Å². The second kappa shape index (κ2) is 7.11. The monoisotopic (exact) mass is 379 g/mol. The molecule has 3 aromatic rings. The second-order valence-corrected chi connectivity index (χ2v) is 7.32. The minimum absolute atomic E-state index is 0.0355. The summed E-state index contributed by atoms with van der Waals surface area (Å²) in [5.74, 6) is -1.12. The molecule has 1 aliphatic rings. The molecule has 5 nitrogen and oxygen atoms in total. The Morgan fingerprint density at radius 3 is 2.89 bits per heavy atom. The van der Waals surface area contributed by atoms with E-state index in [4.69, 9.17) is 5.73 Å². The molecule has 28 heavy (non-hydrogen) atoms. The first-order valence-electron chi connectivity index (χ1n) is 9.41. The molecule has 2 aromatic carbocycles. The minimum Gasteiger partial charge on any atom is -0.369 e. The number of hydrogen-bond acceptors (Lipinski definition) is 2. The van der Waals surface area contributed by atoms with Crippen molar-refractivity contribution in [1.29, 1.82) is 0 Å². The van der Waals surface area contributed by atoms with Gasteiger partial charge >= 0.3 is 0 Å². The lowest BCUT2D eigenvalue weighted by atomic mass is 9.86. The number of halogens is 1. The predicted octanol–water partition coefficient (Wildman–Crippen LogP) is 3.38. The van der Waals surface area contributed by atoms with Gasteiger partial charge in [-0.3, -0.25) is 9.59 Å². The second-order valence-electron chi connectivity index (χ2n) is 7.32. The van der Waals surface area contributed by atoms with E-state index in [1.165, 1.54) is 12.1 Å². The smallest absolute Gasteiger partial charge is 0.245 e. The van der Waals surface area contributed by atoms with Crippen molar-refractivity contribution in [3.8, 4) is 0 Å². The van der Waals surface area contributed by atoms with Crippen LogP contribution >= 0.6 is 0 Å². The lowest BCUT2D eigenvalue weighted by Gasteiger charge is -2.33. The van der Waals surface area contributed by atoms with Gasteiger partial charge in [0.15, 0.2) is 0 Å². The number of aromatic amines is 1. The molecular formula is C22H22FN3O2. The Balaban J connectivity index is 1.93. The van der Waals surface area contributed by atoms with Crippen LogP contribution in [0.2, 0.25) is 0 Å². The summed E-state index contributed by atoms with van der Waals surface area (Å²) in [5.41, 5.74) is 8.15. The first-order chi connectivity index (χ1) is 13.5. The summed E-state index contributed by atoms with van der Waals surface area (Å²) in [6, 6.07) is 9.10. The van der Waals surface area contributed by atoms with E-state index >= 15 is 4.39 Å². The molecule has 1 atom stereocenters. The number of para-hydroxylation sites is 1. The van der Waals surface area contributed by atoms with Crippen molar-refractivity contribution in [1.82, 2.24) is 9.88 Å². The molecule has 1 aromatic heterocycles. The molecule has 0 bridgehead atoms. The van der Waals surface area contributed by atoms with Crippen molar-refractivity contribution in [2.24, 2.45) is 5.73 Å². The summed E-state index contributed by atoms with van der Waals surface area (Å²) in [6.07, 6.45) is 2.86. The third-order valence-electron chi connectivity index (χ3n) is 5.54. The number of H-pyrrole nitrogens is 1. The largest absolute Gasteiger partial charge is 0.369 e. The van der Waals surface area contributed by atoms with Gasteiger partial charge in [-0.15, -0.1) is 0 Å². The number of nitrogens with one attached hydrogen (secondary N) is 1. The van der Waals surface area contributed by atoms with Gasteiger partial charge in [0.05, 0.1) is 11.9 Å². The summed E-state index contributed by atoms with van der Waals surface area (Å²) in [7, 11) is 0. The van der Waals surface area contributed by atoms with E-state index in [0.29, 0.717) is 24.2 Å². The van der Waals surface area contributed by atoms with Crippen molar-refractivity contribution in [3.63, 3.8) is 0 Å². The van der Waals surface area contributed by atoms with Crippen LogP contribution in [0.15, 0.2) is 43.0 Å². The summed E-state index contributed by atoms with van der Waals surface area (Å²) in [5, 5.41) is 1.69. The number of nitrogens with two attached hydrogens (primary N) is 1. The average Bonchev–Trinajstić information content (AvgIpc) is 3.07. The van der Waals surface area contributed by atoms with Crippen molar-refractivity contribution < 1.29 is 14.0 Å². The van der Waals surface area contributed by atoms with E-state index < -0.39 is 5.91 Å². The maximum atomic E-state index is 15.3. The highest BCUT2D eigenvalue weighted by Gasteiger charge is 2.29. The topological polar surface area (TPSA) is 79.2 Å². The Hall–Kier alpha value is -3.15. The average molecular weight is 379 g/mol. The highest BCUT2D eigenvalue weighted by Crippen LogP contribution is 2.39. The number of carbonyl (C=O) groups is 2. The molecule has 144 valence electrons. The van der Waals surface area contributed by atoms with Gasteiger partial charge in [0, 0.05) is 40.9 Å². The van der Waals surface area contributed by atoms with Gasteiger partial charge in [0.2, 0.25) is 11.8 Å². The number of primary amides is 1. The number of amides is 2. The Labute approximate surface area is 162 Å². The zero-order chi connectivity index (χ0) is 19.8. The van der Waals surface area contributed by atoms with Crippen LogP contribution < -0.4 is 5.73 Å². The predicted molar refractivity (Wildman–Crippen MR) is 107 cm³/mol. The van der Waals surface area contributed by atoms with Gasteiger partial charge in [-0.2, -0.15) is 0 Å². The highest BCUT2D eigenvalue weighted by molar-refractivity contribution is 6.10. The molecule has 2 amide bonds. The molecule has 1 fully saturated rings. The molecule has 1 unspecified atom stereocenters. The van der Waals surface area contributed by atoms with E-state index in [1.807, 2.05) is 24.3 Å². The van der Waals surface area contributed by atoms with Crippen molar-refractivity contribution in [2.45, 2.75) is 25.2 Å². The number of rotatable bonds is 4. The molecule has 1 saturated heterocycles. The number of aromatic nitrogens is 1. The fourth-order valence-electron chi connectivity index (χ4n) is 4.35. The fraction of sp³-hybridized carbons (Fsp3) is 0.273. The van der Waals surface area contributed by atoms with E-state index in [9.17, 15) is 9.59 Å². The van der Waals surface area contributed by atoms with E-state index in [-0.39, 0.29) is 24.1 Å². The van der Waals surface area contributed by atoms with Crippen LogP contribution in [-0.4, -0.2) is 34.8 Å². The number of benzene rings is 2. The van der Waals surface area contributed by atoms with Gasteiger partial charge in [-0.05, 0) is 36.6 Å². The molecule has 4 rings (SSSR count). The Morgan fingerprint density at radius 1 is 1.36 bits per heavy atom. The number of likely N-dealkylation sites (tertiary alicyclic amines) is 1. The first kappa shape index (κ1) is 18.2. The maximum Gasteiger partial charge on any atom is 0.245 e. The normalized spacial score (nSPS) is 17.2. The standard InChI is InChI=1S/C22H22FN3O2/c1-2-19(28)26-9-5-6-13(12-26)20-16(23)10-14(11-18(24)27)22-21(20)15-7-3-4-8-17(15)25-22/h2-4,7-8,10,13,25H,1,5-6,9,11-12H2,(H2,24,27). The molecule has 2 heterocycles. The SMILES string of the molecule is C=CC(=O)N1CCCC(c2c(F)cc(CC(N)=O)c3[nH]c4ccccc4c23)C1. The molecule has 6 heteroatoms. The zero-order valence-corrected chi connectivity index (χ0v) is 15.5. The first-order valence-corrected chi connectivity index (χ1v) is 9.41. The zero-order valence-electron chi connectivity index (χ0n) is 15.5. The van der Waals surface area contributed by atoms with Crippen LogP contribution in [0.1, 0.15) is 29.9 Å². The Morgan fingerprint density at radius 2 is 2.14 bits per heavy atom. The molecule has 0 aliphatic carbocycles. The Kier molecular flexibility index (Phi) is 4.63. The minimum atomic E-state index is -0.507. The quantitative estimate of drug-likeness (QED) is 0.682. The number of piperidine rings is 1. The maximum absolute atomic E-state index is 15.3. The van der Waals surface area contributed by atoms with Crippen LogP contribution in [0.3, 0.4) is 0 Å². The van der Waals surface area contributed by atoms with Gasteiger partial charge in [0.1, 0.15) is 5.82 Å². The lowest BCUT2D eigenvalue weighted by molar-refractivity contribution is -0.127. The summed E-state index contributed by atoms with van der Waals surface area (Å²) < 4.78 is 15.3. The Bertz CT molecular complexity index is 1100. The summed E-state index contributed by atoms with van der Waals surface area (Å²) in [6.45, 7) is 4.66. The number of hydrogen-bond donors (Lipinski definition) is 2. The molecule has 0 saturated carbocycles. The van der Waals surface area contributed by atoms with Crippen LogP contribution in [0.4, 0.5) is 4.39 Å². The molecule has 0 spiro atoms. The summed E-state index contributed by atoms with van der Waals surface area (Å²) in [4.78, 5) is 28.6. The highest BCUT2D eigenvalue weighted by atomic mass is 19.1. The van der Waals surface area contributed by atoms with Gasteiger partial charge in [0.25, 0.3) is 0 Å².